The molecule has 0 fully saturated rings. The molecule has 1 atom stereocenters. The third-order valence-corrected chi connectivity index (χ3v) is 5.02. The minimum atomic E-state index is -0.00175. The average Bonchev–Trinajstić information content (AvgIpc) is 3.17. The average molecular weight is 315 g/mol. The van der Waals surface area contributed by atoms with Gasteiger partial charge in [0.2, 0.25) is 0 Å². The van der Waals surface area contributed by atoms with Crippen LogP contribution < -0.4 is 10.6 Å². The van der Waals surface area contributed by atoms with Crippen LogP contribution in [0.25, 0.3) is 0 Å². The van der Waals surface area contributed by atoms with Crippen molar-refractivity contribution in [2.45, 2.75) is 19.1 Å². The summed E-state index contributed by atoms with van der Waals surface area (Å²) in [5, 5.41) is 8.44. The summed E-state index contributed by atoms with van der Waals surface area (Å²) >= 11 is 1.72. The summed E-state index contributed by atoms with van der Waals surface area (Å²) < 4.78 is 0. The van der Waals surface area contributed by atoms with E-state index in [9.17, 15) is 4.79 Å². The van der Waals surface area contributed by atoms with Gasteiger partial charge < -0.3 is 15.5 Å². The number of carbonyl (C=O) groups is 1. The molecule has 1 aromatic carbocycles. The zero-order valence-corrected chi connectivity index (χ0v) is 13.7. The number of hydrogen-bond donors (Lipinski definition) is 2. The second kappa shape index (κ2) is 6.60. The first kappa shape index (κ1) is 15.2. The van der Waals surface area contributed by atoms with Gasteiger partial charge in [-0.15, -0.1) is 11.3 Å². The van der Waals surface area contributed by atoms with Gasteiger partial charge in [-0.25, -0.2) is 0 Å². The Balaban J connectivity index is 1.66. The van der Waals surface area contributed by atoms with Crippen molar-refractivity contribution in [3.63, 3.8) is 0 Å². The van der Waals surface area contributed by atoms with E-state index in [-0.39, 0.29) is 11.9 Å². The molecule has 0 aliphatic carbocycles. The number of amides is 1. The fourth-order valence-corrected chi connectivity index (χ4v) is 3.67. The molecule has 0 spiro atoms. The third kappa shape index (κ3) is 3.21. The zero-order chi connectivity index (χ0) is 15.5. The number of nitrogens with one attached hydrogen (secondary N) is 2. The number of carbonyl (C=O) groups excluding carboxylic acids is 1. The fraction of sp³-hybridized carbons (Fsp3) is 0.353. The van der Waals surface area contributed by atoms with E-state index in [1.54, 1.807) is 11.3 Å². The smallest absolute Gasteiger partial charge is 0.251 e. The molecule has 3 rings (SSSR count). The van der Waals surface area contributed by atoms with Gasteiger partial charge in [-0.1, -0.05) is 12.1 Å². The predicted molar refractivity (Wildman–Crippen MR) is 90.1 cm³/mol. The second-order valence-corrected chi connectivity index (χ2v) is 6.77. The summed E-state index contributed by atoms with van der Waals surface area (Å²) in [6.45, 7) is 2.37. The monoisotopic (exact) mass is 315 g/mol. The largest absolute Gasteiger partial charge is 0.350 e. The molecule has 4 nitrogen and oxygen atoms in total. The van der Waals surface area contributed by atoms with Gasteiger partial charge in [0.1, 0.15) is 0 Å². The van der Waals surface area contributed by atoms with E-state index in [2.05, 4.69) is 27.0 Å². The number of benzene rings is 1. The minimum Gasteiger partial charge on any atom is -0.350 e. The first-order valence-corrected chi connectivity index (χ1v) is 8.33. The van der Waals surface area contributed by atoms with E-state index in [1.165, 1.54) is 16.0 Å². The zero-order valence-electron chi connectivity index (χ0n) is 12.9. The Kier molecular flexibility index (Phi) is 4.57. The SMILES string of the molecule is CN(C)C(CNC(=O)c1ccc2c(c1)CNC2)c1cccs1. The van der Waals surface area contributed by atoms with E-state index in [4.69, 9.17) is 0 Å². The van der Waals surface area contributed by atoms with Gasteiger partial charge in [0.25, 0.3) is 5.91 Å². The summed E-state index contributed by atoms with van der Waals surface area (Å²) in [4.78, 5) is 15.8. The fourth-order valence-electron chi connectivity index (χ4n) is 2.75. The van der Waals surface area contributed by atoms with Crippen LogP contribution in [0.1, 0.15) is 32.4 Å². The van der Waals surface area contributed by atoms with E-state index in [0.29, 0.717) is 6.54 Å². The van der Waals surface area contributed by atoms with Crippen molar-refractivity contribution in [2.24, 2.45) is 0 Å². The van der Waals surface area contributed by atoms with Crippen LogP contribution in [0.2, 0.25) is 0 Å². The predicted octanol–water partition coefficient (Wildman–Crippen LogP) is 2.38. The van der Waals surface area contributed by atoms with E-state index < -0.39 is 0 Å². The highest BCUT2D eigenvalue weighted by molar-refractivity contribution is 7.10. The van der Waals surface area contributed by atoms with Crippen LogP contribution in [0.3, 0.4) is 0 Å². The molecule has 1 aliphatic rings. The number of rotatable bonds is 5. The van der Waals surface area contributed by atoms with Gasteiger partial charge in [0, 0.05) is 30.1 Å². The molecule has 0 radical (unpaired) electrons. The molecule has 2 aromatic rings. The Bertz CT molecular complexity index is 652. The first-order valence-electron chi connectivity index (χ1n) is 7.45. The summed E-state index contributed by atoms with van der Waals surface area (Å²) in [5.74, 6) is -0.00175. The second-order valence-electron chi connectivity index (χ2n) is 5.79. The van der Waals surface area contributed by atoms with Crippen molar-refractivity contribution in [3.8, 4) is 0 Å². The topological polar surface area (TPSA) is 44.4 Å². The number of hydrogen-bond acceptors (Lipinski definition) is 4. The molecule has 1 aliphatic heterocycles. The third-order valence-electron chi connectivity index (χ3n) is 4.05. The van der Waals surface area contributed by atoms with Gasteiger partial charge in [-0.2, -0.15) is 0 Å². The minimum absolute atomic E-state index is 0.00175. The maximum atomic E-state index is 12.4. The van der Waals surface area contributed by atoms with Crippen molar-refractivity contribution in [3.05, 3.63) is 57.3 Å². The lowest BCUT2D eigenvalue weighted by Gasteiger charge is -2.23. The number of thiophene rings is 1. The van der Waals surface area contributed by atoms with Crippen molar-refractivity contribution >= 4 is 17.2 Å². The Morgan fingerprint density at radius 2 is 2.14 bits per heavy atom. The van der Waals surface area contributed by atoms with Crippen molar-refractivity contribution < 1.29 is 4.79 Å². The molecule has 1 aromatic heterocycles. The molecule has 2 N–H and O–H groups in total. The molecule has 1 amide bonds. The van der Waals surface area contributed by atoms with Gasteiger partial charge in [-0.3, -0.25) is 4.79 Å². The van der Waals surface area contributed by atoms with E-state index in [0.717, 1.165) is 18.7 Å². The molecular weight excluding hydrogens is 294 g/mol. The van der Waals surface area contributed by atoms with Crippen LogP contribution in [0.15, 0.2) is 35.7 Å². The lowest BCUT2D eigenvalue weighted by atomic mass is 10.1. The standard InChI is InChI=1S/C17H21N3OS/c1-20(2)15(16-4-3-7-22-16)11-19-17(21)12-5-6-13-9-18-10-14(13)8-12/h3-8,15,18H,9-11H2,1-2H3,(H,19,21). The van der Waals surface area contributed by atoms with Crippen LogP contribution in [-0.4, -0.2) is 31.4 Å². The Morgan fingerprint density at radius 3 is 2.86 bits per heavy atom. The van der Waals surface area contributed by atoms with Crippen molar-refractivity contribution in [2.75, 3.05) is 20.6 Å². The quantitative estimate of drug-likeness (QED) is 0.890. The summed E-state index contributed by atoms with van der Waals surface area (Å²) in [5.41, 5.74) is 3.27. The van der Waals surface area contributed by atoms with Gasteiger partial charge in [0.05, 0.1) is 6.04 Å². The number of likely N-dealkylation sites (N-methyl/N-ethyl adjacent to an activating group) is 1. The number of fused-ring (bicyclic) bond motifs is 1. The first-order chi connectivity index (χ1) is 10.6. The summed E-state index contributed by atoms with van der Waals surface area (Å²) in [6, 6.07) is 10.3. The molecule has 1 unspecified atom stereocenters. The van der Waals surface area contributed by atoms with Crippen molar-refractivity contribution in [1.82, 2.24) is 15.5 Å². The Labute approximate surface area is 135 Å². The van der Waals surface area contributed by atoms with Crippen LogP contribution in [0.4, 0.5) is 0 Å². The maximum Gasteiger partial charge on any atom is 0.251 e. The maximum absolute atomic E-state index is 12.4. The molecular formula is C17H21N3OS. The Hall–Kier alpha value is -1.69. The molecule has 116 valence electrons. The highest BCUT2D eigenvalue weighted by Crippen LogP contribution is 2.22. The van der Waals surface area contributed by atoms with Gasteiger partial charge in [-0.05, 0) is 48.8 Å². The van der Waals surface area contributed by atoms with E-state index in [1.807, 2.05) is 38.4 Å². The van der Waals surface area contributed by atoms with Crippen LogP contribution in [0.5, 0.6) is 0 Å². The van der Waals surface area contributed by atoms with E-state index >= 15 is 0 Å². The summed E-state index contributed by atoms with van der Waals surface area (Å²) in [6.07, 6.45) is 0. The molecule has 5 heteroatoms. The van der Waals surface area contributed by atoms with Crippen LogP contribution >= 0.6 is 11.3 Å². The molecule has 22 heavy (non-hydrogen) atoms. The highest BCUT2D eigenvalue weighted by atomic mass is 32.1. The van der Waals surface area contributed by atoms with Crippen LogP contribution in [0, 0.1) is 0 Å². The van der Waals surface area contributed by atoms with Gasteiger partial charge >= 0.3 is 0 Å². The summed E-state index contributed by atoms with van der Waals surface area (Å²) in [7, 11) is 4.08. The lowest BCUT2D eigenvalue weighted by Crippen LogP contribution is -2.34. The van der Waals surface area contributed by atoms with Crippen molar-refractivity contribution in [1.29, 1.82) is 0 Å². The molecule has 0 bridgehead atoms. The van der Waals surface area contributed by atoms with Gasteiger partial charge in [0.15, 0.2) is 0 Å². The highest BCUT2D eigenvalue weighted by Gasteiger charge is 2.18. The molecule has 0 saturated heterocycles. The lowest BCUT2D eigenvalue weighted by molar-refractivity contribution is 0.0942. The number of nitrogens with zero attached hydrogens (tertiary/aromatic N) is 1. The normalized spacial score (nSPS) is 14.9. The Morgan fingerprint density at radius 1 is 1.32 bits per heavy atom. The molecule has 2 heterocycles. The van der Waals surface area contributed by atoms with Crippen LogP contribution in [-0.2, 0) is 13.1 Å². The molecule has 0 saturated carbocycles.